The molecule has 2 aromatic carbocycles. The maximum atomic E-state index is 13.6. The zero-order valence-electron chi connectivity index (χ0n) is 22.7. The molecule has 0 amide bonds. The van der Waals surface area contributed by atoms with E-state index < -0.39 is 125 Å². The third kappa shape index (κ3) is 5.45. The van der Waals surface area contributed by atoms with Gasteiger partial charge >= 0.3 is 0 Å². The lowest BCUT2D eigenvalue weighted by atomic mass is 9.98. The summed E-state index contributed by atoms with van der Waals surface area (Å²) in [5, 5.41) is 112. The lowest BCUT2D eigenvalue weighted by Crippen LogP contribution is -2.61. The molecule has 2 fully saturated rings. The molecule has 240 valence electrons. The van der Waals surface area contributed by atoms with E-state index in [1.165, 1.54) is 13.0 Å². The molecule has 0 saturated carbocycles. The van der Waals surface area contributed by atoms with E-state index in [-0.39, 0.29) is 5.56 Å². The van der Waals surface area contributed by atoms with Crippen molar-refractivity contribution in [3.8, 4) is 45.8 Å². The number of hydrogen-bond acceptors (Lipinski definition) is 17. The van der Waals surface area contributed by atoms with Crippen LogP contribution >= 0.6 is 0 Å². The van der Waals surface area contributed by atoms with Crippen LogP contribution in [0.1, 0.15) is 6.92 Å². The van der Waals surface area contributed by atoms with Gasteiger partial charge in [-0.25, -0.2) is 0 Å². The first kappa shape index (κ1) is 31.5. The lowest BCUT2D eigenvalue weighted by Gasteiger charge is -2.42. The molecular formula is C27H30O17. The molecule has 0 spiro atoms. The second-order valence-electron chi connectivity index (χ2n) is 10.4. The number of aliphatic hydroxyl groups excluding tert-OH is 6. The number of phenolic OH excluding ortho intramolecular Hbond substituents is 5. The van der Waals surface area contributed by atoms with E-state index in [0.29, 0.717) is 6.07 Å². The summed E-state index contributed by atoms with van der Waals surface area (Å²) in [6.45, 7) is 0.770. The van der Waals surface area contributed by atoms with Gasteiger partial charge in [0.2, 0.25) is 23.2 Å². The van der Waals surface area contributed by atoms with Gasteiger partial charge in [0.1, 0.15) is 53.9 Å². The largest absolute Gasteiger partial charge is 0.507 e. The highest BCUT2D eigenvalue weighted by molar-refractivity contribution is 5.93. The number of fused-ring (bicyclic) bond motifs is 1. The quantitative estimate of drug-likeness (QED) is 0.104. The smallest absolute Gasteiger partial charge is 0.239 e. The minimum absolute atomic E-state index is 0.138. The standard InChI is InChI=1S/C27H30O17/c1-7-15(32)19(36)21(38)26(41-7)40-6-13-17(34)20(37)22(39)27(42-13)44-25-18(35)14-11(30)5-12(31)16(33)24(14)43-23(25)8-2-3-9(28)10(29)4-8/h2-5,7,13,15,17,19-22,26-34,36-39H,6H2,1H3/t7-,13+,15-,17+,19+,20-,21+,22+,26+,27-/m0/s1. The Bertz CT molecular complexity index is 1590. The molecule has 44 heavy (non-hydrogen) atoms. The molecule has 10 atom stereocenters. The van der Waals surface area contributed by atoms with Crippen molar-refractivity contribution in [1.29, 1.82) is 0 Å². The Morgan fingerprint density at radius 1 is 0.727 bits per heavy atom. The number of aromatic hydroxyl groups is 5. The molecule has 2 aliphatic heterocycles. The fraction of sp³-hybridized carbons (Fsp3) is 0.444. The van der Waals surface area contributed by atoms with E-state index >= 15 is 0 Å². The van der Waals surface area contributed by atoms with Gasteiger partial charge in [-0.1, -0.05) is 0 Å². The Morgan fingerprint density at radius 2 is 1.39 bits per heavy atom. The van der Waals surface area contributed by atoms with Gasteiger partial charge in [0.05, 0.1) is 12.7 Å². The van der Waals surface area contributed by atoms with E-state index in [1.807, 2.05) is 0 Å². The predicted molar refractivity (Wildman–Crippen MR) is 142 cm³/mol. The molecule has 3 heterocycles. The molecule has 3 aromatic rings. The van der Waals surface area contributed by atoms with Crippen LogP contribution in [0.2, 0.25) is 0 Å². The third-order valence-electron chi connectivity index (χ3n) is 7.43. The topological polar surface area (TPSA) is 290 Å². The number of benzene rings is 2. The average Bonchev–Trinajstić information content (AvgIpc) is 2.98. The Labute approximate surface area is 246 Å². The van der Waals surface area contributed by atoms with Crippen molar-refractivity contribution in [3.63, 3.8) is 0 Å². The summed E-state index contributed by atoms with van der Waals surface area (Å²) in [5.74, 6) is -5.19. The fourth-order valence-corrected chi connectivity index (χ4v) is 4.88. The minimum atomic E-state index is -2.02. The molecule has 5 rings (SSSR count). The van der Waals surface area contributed by atoms with Gasteiger partial charge in [0.15, 0.2) is 34.9 Å². The van der Waals surface area contributed by atoms with Gasteiger partial charge in [-0.05, 0) is 25.1 Å². The van der Waals surface area contributed by atoms with E-state index in [2.05, 4.69) is 0 Å². The molecule has 2 aliphatic rings. The van der Waals surface area contributed by atoms with Crippen LogP contribution in [-0.2, 0) is 14.2 Å². The summed E-state index contributed by atoms with van der Waals surface area (Å²) in [5.41, 5.74) is -2.01. The Morgan fingerprint density at radius 3 is 2.07 bits per heavy atom. The summed E-state index contributed by atoms with van der Waals surface area (Å²) in [4.78, 5) is 13.6. The lowest BCUT2D eigenvalue weighted by molar-refractivity contribution is -0.318. The molecule has 2 saturated heterocycles. The molecule has 0 unspecified atom stereocenters. The Hall–Kier alpha value is -3.91. The molecule has 11 N–H and O–H groups in total. The van der Waals surface area contributed by atoms with Crippen LogP contribution < -0.4 is 10.2 Å². The van der Waals surface area contributed by atoms with Crippen molar-refractivity contribution in [1.82, 2.24) is 0 Å². The Balaban J connectivity index is 1.50. The van der Waals surface area contributed by atoms with Crippen molar-refractivity contribution < 1.29 is 79.5 Å². The van der Waals surface area contributed by atoms with Crippen molar-refractivity contribution in [3.05, 3.63) is 34.5 Å². The van der Waals surface area contributed by atoms with Crippen LogP contribution in [0.15, 0.2) is 33.5 Å². The third-order valence-corrected chi connectivity index (χ3v) is 7.43. The van der Waals surface area contributed by atoms with Gasteiger partial charge in [-0.3, -0.25) is 4.79 Å². The zero-order chi connectivity index (χ0) is 32.2. The van der Waals surface area contributed by atoms with Crippen molar-refractivity contribution in [2.45, 2.75) is 68.3 Å². The summed E-state index contributed by atoms with van der Waals surface area (Å²) in [6.07, 6.45) is -16.5. The first-order valence-corrected chi connectivity index (χ1v) is 13.2. The average molecular weight is 627 g/mol. The summed E-state index contributed by atoms with van der Waals surface area (Å²) >= 11 is 0. The van der Waals surface area contributed by atoms with Gasteiger partial charge in [-0.15, -0.1) is 0 Å². The van der Waals surface area contributed by atoms with Gasteiger partial charge in [0, 0.05) is 11.6 Å². The minimum Gasteiger partial charge on any atom is -0.507 e. The van der Waals surface area contributed by atoms with Crippen molar-refractivity contribution in [2.75, 3.05) is 6.61 Å². The second kappa shape index (κ2) is 11.9. The first-order valence-electron chi connectivity index (χ1n) is 13.2. The number of rotatable bonds is 6. The highest BCUT2D eigenvalue weighted by Crippen LogP contribution is 2.43. The summed E-state index contributed by atoms with van der Waals surface area (Å²) < 4.78 is 27.6. The monoisotopic (exact) mass is 626 g/mol. The molecule has 0 aliphatic carbocycles. The molecule has 17 heteroatoms. The molecule has 1 aromatic heterocycles. The predicted octanol–water partition coefficient (Wildman–Crippen LogP) is -1.98. The highest BCUT2D eigenvalue weighted by atomic mass is 16.7. The van der Waals surface area contributed by atoms with E-state index in [1.54, 1.807) is 0 Å². The van der Waals surface area contributed by atoms with Gasteiger partial charge in [0.25, 0.3) is 0 Å². The number of hydrogen-bond donors (Lipinski definition) is 11. The number of phenols is 5. The van der Waals surface area contributed by atoms with E-state index in [9.17, 15) is 61.0 Å². The molecule has 17 nitrogen and oxygen atoms in total. The zero-order valence-corrected chi connectivity index (χ0v) is 22.7. The van der Waals surface area contributed by atoms with Crippen LogP contribution in [0.3, 0.4) is 0 Å². The molecular weight excluding hydrogens is 596 g/mol. The number of aliphatic hydroxyl groups is 6. The van der Waals surface area contributed by atoms with Crippen LogP contribution in [0.25, 0.3) is 22.3 Å². The first-order chi connectivity index (χ1) is 20.7. The van der Waals surface area contributed by atoms with Gasteiger partial charge in [-0.2, -0.15) is 0 Å². The maximum absolute atomic E-state index is 13.6. The SMILES string of the molecule is C[C@@H]1O[C@@H](OC[C@H]2O[C@@H](Oc3c(-c4ccc(O)c(O)c4)oc4c(O)c(O)cc(O)c4c3=O)[C@H](O)[C@@H](O)[C@@H]2O)[C@H](O)[C@H](O)[C@H]1O. The van der Waals surface area contributed by atoms with E-state index in [0.717, 1.165) is 12.1 Å². The van der Waals surface area contributed by atoms with Crippen molar-refractivity contribution in [2.24, 2.45) is 0 Å². The molecule has 0 bridgehead atoms. The summed E-state index contributed by atoms with van der Waals surface area (Å²) in [6, 6.07) is 3.79. The van der Waals surface area contributed by atoms with Crippen molar-refractivity contribution >= 4 is 11.0 Å². The Kier molecular flexibility index (Phi) is 8.51. The van der Waals surface area contributed by atoms with Crippen LogP contribution in [0.4, 0.5) is 0 Å². The van der Waals surface area contributed by atoms with E-state index in [4.69, 9.17) is 23.4 Å². The second-order valence-corrected chi connectivity index (χ2v) is 10.4. The van der Waals surface area contributed by atoms with Crippen LogP contribution in [-0.4, -0.2) is 124 Å². The maximum Gasteiger partial charge on any atom is 0.239 e. The molecule has 0 radical (unpaired) electrons. The normalized spacial score (nSPS) is 32.5. The van der Waals surface area contributed by atoms with Crippen LogP contribution in [0.5, 0.6) is 34.5 Å². The summed E-state index contributed by atoms with van der Waals surface area (Å²) in [7, 11) is 0. The number of ether oxygens (including phenoxy) is 4. The van der Waals surface area contributed by atoms with Gasteiger partial charge < -0.3 is 79.5 Å². The van der Waals surface area contributed by atoms with Crippen LogP contribution in [0, 0.1) is 0 Å². The fourth-order valence-electron chi connectivity index (χ4n) is 4.88. The highest BCUT2D eigenvalue weighted by Gasteiger charge is 2.48.